The zero-order valence-electron chi connectivity index (χ0n) is 20.7. The number of benzene rings is 2. The Labute approximate surface area is 209 Å². The first-order valence-corrected chi connectivity index (χ1v) is 13.6. The second-order valence-corrected chi connectivity index (χ2v) is 10.1. The maximum absolute atomic E-state index is 12.1. The van der Waals surface area contributed by atoms with Gasteiger partial charge in [0.25, 0.3) is 0 Å². The molecule has 0 saturated heterocycles. The van der Waals surface area contributed by atoms with Crippen LogP contribution in [0.1, 0.15) is 85.0 Å². The minimum absolute atomic E-state index is 0.183. The molecule has 0 bridgehead atoms. The molecule has 33 heavy (non-hydrogen) atoms. The minimum Gasteiger partial charge on any atom is -0.494 e. The second kappa shape index (κ2) is 15.9. The van der Waals surface area contributed by atoms with Gasteiger partial charge in [-0.15, -0.1) is 0 Å². The van der Waals surface area contributed by atoms with Gasteiger partial charge in [0, 0.05) is 0 Å². The van der Waals surface area contributed by atoms with Crippen LogP contribution in [0, 0.1) is 5.92 Å². The molecule has 0 heterocycles. The zero-order chi connectivity index (χ0) is 23.9. The van der Waals surface area contributed by atoms with E-state index in [1.54, 1.807) is 0 Å². The fourth-order valence-corrected chi connectivity index (χ4v) is 3.78. The van der Waals surface area contributed by atoms with Crippen molar-refractivity contribution in [1.82, 2.24) is 0 Å². The number of rotatable bonds is 16. The summed E-state index contributed by atoms with van der Waals surface area (Å²) in [5, 5.41) is 0. The van der Waals surface area contributed by atoms with E-state index in [9.17, 15) is 4.79 Å². The van der Waals surface area contributed by atoms with E-state index >= 15 is 0 Å². The summed E-state index contributed by atoms with van der Waals surface area (Å²) < 4.78 is 11.4. The Bertz CT molecular complexity index is 784. The van der Waals surface area contributed by atoms with Gasteiger partial charge in [-0.3, -0.25) is 4.79 Å². The first-order valence-electron chi connectivity index (χ1n) is 12.7. The van der Waals surface area contributed by atoms with Crippen LogP contribution in [0.2, 0.25) is 0 Å². The highest BCUT2D eigenvalue weighted by atomic mass is 79.9. The lowest BCUT2D eigenvalue weighted by atomic mass is 10.1. The van der Waals surface area contributed by atoms with Crippen molar-refractivity contribution in [3.8, 4) is 22.6 Å². The molecule has 2 rings (SSSR count). The Morgan fingerprint density at radius 1 is 0.727 bits per heavy atom. The molecule has 1 unspecified atom stereocenters. The molecular formula is C29H41BrO3. The Morgan fingerprint density at radius 2 is 1.18 bits per heavy atom. The van der Waals surface area contributed by atoms with Crippen LogP contribution in [0.5, 0.6) is 11.5 Å². The Hall–Kier alpha value is -1.81. The van der Waals surface area contributed by atoms with E-state index in [-0.39, 0.29) is 16.7 Å². The highest BCUT2D eigenvalue weighted by Crippen LogP contribution is 2.25. The molecule has 0 radical (unpaired) electrons. The number of hydrogen-bond donors (Lipinski definition) is 0. The SMILES string of the molecule is CCCCCCCCCCCCOc1ccc(-c2ccc(OC(=O)C(Br)C(C)C)cc2)cc1. The molecule has 0 N–H and O–H groups in total. The van der Waals surface area contributed by atoms with Crippen molar-refractivity contribution in [3.05, 3.63) is 48.5 Å². The van der Waals surface area contributed by atoms with Crippen molar-refractivity contribution in [2.24, 2.45) is 5.92 Å². The third kappa shape index (κ3) is 10.8. The topological polar surface area (TPSA) is 35.5 Å². The second-order valence-electron chi connectivity index (χ2n) is 9.15. The standard InChI is InChI=1S/C29H41BrO3/c1-4-5-6-7-8-9-10-11-12-13-22-32-26-18-14-24(15-19-26)25-16-20-27(21-17-25)33-29(31)28(30)23(2)3/h14-21,23,28H,4-13,22H2,1-3H3. The van der Waals surface area contributed by atoms with Crippen LogP contribution in [-0.2, 0) is 4.79 Å². The monoisotopic (exact) mass is 516 g/mol. The number of carbonyl (C=O) groups excluding carboxylic acids is 1. The molecule has 0 aliphatic carbocycles. The van der Waals surface area contributed by atoms with Crippen molar-refractivity contribution >= 4 is 21.9 Å². The van der Waals surface area contributed by atoms with Crippen LogP contribution in [0.15, 0.2) is 48.5 Å². The number of carbonyl (C=O) groups is 1. The predicted octanol–water partition coefficient (Wildman–Crippen LogP) is 8.98. The highest BCUT2D eigenvalue weighted by molar-refractivity contribution is 9.10. The van der Waals surface area contributed by atoms with Gasteiger partial charge in [0.1, 0.15) is 16.3 Å². The van der Waals surface area contributed by atoms with E-state index in [0.717, 1.165) is 29.9 Å². The summed E-state index contributed by atoms with van der Waals surface area (Å²) in [6, 6.07) is 15.8. The van der Waals surface area contributed by atoms with Crippen molar-refractivity contribution in [2.75, 3.05) is 6.61 Å². The molecule has 3 nitrogen and oxygen atoms in total. The molecule has 0 aliphatic rings. The molecule has 0 aromatic heterocycles. The van der Waals surface area contributed by atoms with Crippen LogP contribution in [-0.4, -0.2) is 17.4 Å². The maximum atomic E-state index is 12.1. The average molecular weight is 518 g/mol. The maximum Gasteiger partial charge on any atom is 0.325 e. The number of ether oxygens (including phenoxy) is 2. The van der Waals surface area contributed by atoms with E-state index in [4.69, 9.17) is 9.47 Å². The van der Waals surface area contributed by atoms with Gasteiger partial charge in [0.15, 0.2) is 0 Å². The lowest BCUT2D eigenvalue weighted by Crippen LogP contribution is -2.24. The van der Waals surface area contributed by atoms with Gasteiger partial charge < -0.3 is 9.47 Å². The Balaban J connectivity index is 1.66. The van der Waals surface area contributed by atoms with Crippen molar-refractivity contribution < 1.29 is 14.3 Å². The van der Waals surface area contributed by atoms with E-state index in [0.29, 0.717) is 5.75 Å². The van der Waals surface area contributed by atoms with Crippen molar-refractivity contribution in [1.29, 1.82) is 0 Å². The number of esters is 1. The quantitative estimate of drug-likeness (QED) is 0.0965. The summed E-state index contributed by atoms with van der Waals surface area (Å²) in [4.78, 5) is 11.8. The number of hydrogen-bond acceptors (Lipinski definition) is 3. The van der Waals surface area contributed by atoms with Gasteiger partial charge in [-0.1, -0.05) is 119 Å². The molecule has 0 saturated carbocycles. The fraction of sp³-hybridized carbons (Fsp3) is 0.552. The molecule has 4 heteroatoms. The summed E-state index contributed by atoms with van der Waals surface area (Å²) in [5.74, 6) is 1.40. The van der Waals surface area contributed by atoms with E-state index < -0.39 is 0 Å². The molecule has 0 aliphatic heterocycles. The van der Waals surface area contributed by atoms with Crippen LogP contribution >= 0.6 is 15.9 Å². The molecule has 2 aromatic rings. The first kappa shape index (κ1) is 27.4. The van der Waals surface area contributed by atoms with Gasteiger partial charge in [0.2, 0.25) is 0 Å². The summed E-state index contributed by atoms with van der Waals surface area (Å²) >= 11 is 3.38. The van der Waals surface area contributed by atoms with Gasteiger partial charge in [-0.05, 0) is 47.7 Å². The summed E-state index contributed by atoms with van der Waals surface area (Å²) in [6.45, 7) is 7.01. The van der Waals surface area contributed by atoms with Crippen LogP contribution in [0.4, 0.5) is 0 Å². The fourth-order valence-electron chi connectivity index (χ4n) is 3.68. The summed E-state index contributed by atoms with van der Waals surface area (Å²) in [7, 11) is 0. The van der Waals surface area contributed by atoms with E-state index in [1.807, 2.05) is 50.2 Å². The normalized spacial score (nSPS) is 12.0. The van der Waals surface area contributed by atoms with Crippen molar-refractivity contribution in [2.45, 2.75) is 89.8 Å². The third-order valence-corrected chi connectivity index (χ3v) is 7.27. The van der Waals surface area contributed by atoms with Gasteiger partial charge in [0.05, 0.1) is 6.61 Å². The third-order valence-electron chi connectivity index (χ3n) is 5.84. The lowest BCUT2D eigenvalue weighted by Gasteiger charge is -2.13. The Kier molecular flexibility index (Phi) is 13.2. The smallest absolute Gasteiger partial charge is 0.325 e. The number of halogens is 1. The molecule has 1 atom stereocenters. The molecule has 2 aromatic carbocycles. The summed E-state index contributed by atoms with van der Waals surface area (Å²) in [6.07, 6.45) is 13.3. The van der Waals surface area contributed by atoms with Crippen molar-refractivity contribution in [3.63, 3.8) is 0 Å². The highest BCUT2D eigenvalue weighted by Gasteiger charge is 2.20. The summed E-state index contributed by atoms with van der Waals surface area (Å²) in [5.41, 5.74) is 2.19. The first-order chi connectivity index (χ1) is 16.0. The van der Waals surface area contributed by atoms with Crippen LogP contribution in [0.25, 0.3) is 11.1 Å². The van der Waals surface area contributed by atoms with Gasteiger partial charge in [-0.25, -0.2) is 0 Å². The number of unbranched alkanes of at least 4 members (excludes halogenated alkanes) is 9. The van der Waals surface area contributed by atoms with E-state index in [2.05, 4.69) is 35.0 Å². The largest absolute Gasteiger partial charge is 0.494 e. The minimum atomic E-state index is -0.301. The molecule has 0 spiro atoms. The molecular weight excluding hydrogens is 476 g/mol. The average Bonchev–Trinajstić information content (AvgIpc) is 2.83. The molecule has 182 valence electrons. The van der Waals surface area contributed by atoms with E-state index in [1.165, 1.54) is 57.8 Å². The van der Waals surface area contributed by atoms with Crippen LogP contribution < -0.4 is 9.47 Å². The lowest BCUT2D eigenvalue weighted by molar-refractivity contribution is -0.134. The molecule has 0 fully saturated rings. The van der Waals surface area contributed by atoms with Gasteiger partial charge in [-0.2, -0.15) is 0 Å². The zero-order valence-corrected chi connectivity index (χ0v) is 22.2. The molecule has 0 amide bonds. The number of alkyl halides is 1. The van der Waals surface area contributed by atoms with Crippen LogP contribution in [0.3, 0.4) is 0 Å². The Morgan fingerprint density at radius 3 is 1.67 bits per heavy atom. The van der Waals surface area contributed by atoms with Gasteiger partial charge >= 0.3 is 5.97 Å². The predicted molar refractivity (Wildman–Crippen MR) is 142 cm³/mol.